The average Bonchev–Trinajstić information content (AvgIpc) is 2.98. The van der Waals surface area contributed by atoms with E-state index in [1.165, 1.54) is 31.2 Å². The number of aryl methyl sites for hydroxylation is 1. The van der Waals surface area contributed by atoms with Crippen LogP contribution in [-0.2, 0) is 0 Å². The maximum absolute atomic E-state index is 6.09. The van der Waals surface area contributed by atoms with Gasteiger partial charge in [0.05, 0.1) is 6.04 Å². The number of para-hydroxylation sites is 1. The number of fused-ring (bicyclic) bond motifs is 1. The van der Waals surface area contributed by atoms with Gasteiger partial charge < -0.3 is 4.42 Å². The second-order valence-electron chi connectivity index (χ2n) is 6.10. The first-order chi connectivity index (χ1) is 9.14. The zero-order valence-corrected chi connectivity index (χ0v) is 11.7. The maximum atomic E-state index is 6.09. The molecule has 0 spiro atoms. The monoisotopic (exact) mass is 258 g/mol. The molecule has 2 aromatic rings. The fraction of sp³-hybridized carbons (Fsp3) is 0.500. The van der Waals surface area contributed by atoms with E-state index in [9.17, 15) is 0 Å². The number of nitrogens with two attached hydrogens (primary N) is 1. The van der Waals surface area contributed by atoms with Gasteiger partial charge in [0, 0.05) is 5.39 Å². The van der Waals surface area contributed by atoms with Gasteiger partial charge >= 0.3 is 0 Å². The first kappa shape index (κ1) is 12.7. The summed E-state index contributed by atoms with van der Waals surface area (Å²) in [7, 11) is 0. The molecule has 0 aliphatic heterocycles. The molecule has 3 nitrogen and oxygen atoms in total. The number of furan rings is 1. The van der Waals surface area contributed by atoms with Crippen LogP contribution in [0.15, 0.2) is 28.7 Å². The van der Waals surface area contributed by atoms with Crippen molar-refractivity contribution in [3.63, 3.8) is 0 Å². The second kappa shape index (κ2) is 4.66. The zero-order chi connectivity index (χ0) is 13.5. The molecule has 0 bridgehead atoms. The number of hydrogen-bond donors (Lipinski definition) is 2. The van der Waals surface area contributed by atoms with E-state index in [0.717, 1.165) is 16.7 Å². The van der Waals surface area contributed by atoms with Crippen LogP contribution >= 0.6 is 0 Å². The number of nitrogens with one attached hydrogen (secondary N) is 1. The van der Waals surface area contributed by atoms with Crippen LogP contribution < -0.4 is 11.3 Å². The largest absolute Gasteiger partial charge is 0.459 e. The molecule has 1 aliphatic carbocycles. The molecular formula is C16H22N2O. The maximum Gasteiger partial charge on any atom is 0.137 e. The van der Waals surface area contributed by atoms with Crippen LogP contribution in [0.4, 0.5) is 0 Å². The Kier molecular flexibility index (Phi) is 3.11. The smallest absolute Gasteiger partial charge is 0.137 e. The summed E-state index contributed by atoms with van der Waals surface area (Å²) < 4.78 is 6.09. The van der Waals surface area contributed by atoms with Crippen molar-refractivity contribution < 1.29 is 4.42 Å². The summed E-state index contributed by atoms with van der Waals surface area (Å²) in [6.45, 7) is 4.39. The van der Waals surface area contributed by atoms with Crippen LogP contribution in [0.1, 0.15) is 50.0 Å². The molecule has 1 aromatic heterocycles. The third-order valence-electron chi connectivity index (χ3n) is 4.65. The fourth-order valence-corrected chi connectivity index (χ4v) is 3.47. The van der Waals surface area contributed by atoms with E-state index in [1.54, 1.807) is 0 Å². The van der Waals surface area contributed by atoms with Crippen LogP contribution in [0.3, 0.4) is 0 Å². The first-order valence-corrected chi connectivity index (χ1v) is 7.09. The Morgan fingerprint density at radius 3 is 2.68 bits per heavy atom. The second-order valence-corrected chi connectivity index (χ2v) is 6.10. The lowest BCUT2D eigenvalue weighted by atomic mass is 9.80. The van der Waals surface area contributed by atoms with E-state index < -0.39 is 0 Å². The van der Waals surface area contributed by atoms with Gasteiger partial charge in [0.25, 0.3) is 0 Å². The van der Waals surface area contributed by atoms with Crippen molar-refractivity contribution in [3.8, 4) is 0 Å². The zero-order valence-electron chi connectivity index (χ0n) is 11.7. The molecule has 19 heavy (non-hydrogen) atoms. The third kappa shape index (κ3) is 2.07. The molecule has 3 heteroatoms. The van der Waals surface area contributed by atoms with Gasteiger partial charge in [-0.25, -0.2) is 5.43 Å². The summed E-state index contributed by atoms with van der Waals surface area (Å²) >= 11 is 0. The van der Waals surface area contributed by atoms with Gasteiger partial charge in [0.2, 0.25) is 0 Å². The molecule has 0 radical (unpaired) electrons. The summed E-state index contributed by atoms with van der Waals surface area (Å²) in [5, 5.41) is 1.16. The Morgan fingerprint density at radius 2 is 2.05 bits per heavy atom. The Balaban J connectivity index is 2.04. The molecule has 1 aromatic carbocycles. The van der Waals surface area contributed by atoms with E-state index >= 15 is 0 Å². The van der Waals surface area contributed by atoms with Gasteiger partial charge in [-0.05, 0) is 36.8 Å². The number of hydrogen-bond acceptors (Lipinski definition) is 3. The van der Waals surface area contributed by atoms with Gasteiger partial charge in [-0.3, -0.25) is 5.84 Å². The van der Waals surface area contributed by atoms with Crippen molar-refractivity contribution >= 4 is 11.0 Å². The van der Waals surface area contributed by atoms with Gasteiger partial charge in [-0.2, -0.15) is 0 Å². The lowest BCUT2D eigenvalue weighted by Gasteiger charge is -2.32. The SMILES string of the molecule is Cc1cccc2cc(C(NN)C3(C)CCCC3)oc12. The van der Waals surface area contributed by atoms with Crippen molar-refractivity contribution in [2.24, 2.45) is 11.3 Å². The highest BCUT2D eigenvalue weighted by atomic mass is 16.3. The molecule has 0 amide bonds. The summed E-state index contributed by atoms with van der Waals surface area (Å²) in [4.78, 5) is 0. The number of rotatable bonds is 3. The van der Waals surface area contributed by atoms with Gasteiger partial charge in [-0.15, -0.1) is 0 Å². The molecule has 3 N–H and O–H groups in total. The van der Waals surface area contributed by atoms with Crippen molar-refractivity contribution in [3.05, 3.63) is 35.6 Å². The van der Waals surface area contributed by atoms with E-state index in [1.807, 2.05) is 0 Å². The number of benzene rings is 1. The molecule has 1 unspecified atom stereocenters. The van der Waals surface area contributed by atoms with Gasteiger partial charge in [0.15, 0.2) is 0 Å². The normalized spacial score (nSPS) is 19.9. The fourth-order valence-electron chi connectivity index (χ4n) is 3.47. The van der Waals surface area contributed by atoms with Gasteiger partial charge in [-0.1, -0.05) is 38.0 Å². The highest BCUT2D eigenvalue weighted by molar-refractivity contribution is 5.81. The van der Waals surface area contributed by atoms with E-state index in [-0.39, 0.29) is 11.5 Å². The highest BCUT2D eigenvalue weighted by Crippen LogP contribution is 2.47. The lowest BCUT2D eigenvalue weighted by Crippen LogP contribution is -2.38. The van der Waals surface area contributed by atoms with E-state index in [0.29, 0.717) is 0 Å². The molecule has 1 fully saturated rings. The molecule has 3 rings (SSSR count). The summed E-state index contributed by atoms with van der Waals surface area (Å²) in [6, 6.07) is 8.48. The number of hydrazine groups is 1. The molecule has 0 saturated heterocycles. The topological polar surface area (TPSA) is 51.2 Å². The summed E-state index contributed by atoms with van der Waals surface area (Å²) in [5.74, 6) is 6.79. The average molecular weight is 258 g/mol. The highest BCUT2D eigenvalue weighted by Gasteiger charge is 2.39. The van der Waals surface area contributed by atoms with Crippen LogP contribution in [0.5, 0.6) is 0 Å². The van der Waals surface area contributed by atoms with Crippen molar-refractivity contribution in [1.82, 2.24) is 5.43 Å². The Labute approximate surface area is 114 Å². The van der Waals surface area contributed by atoms with Crippen LogP contribution in [0, 0.1) is 12.3 Å². The minimum Gasteiger partial charge on any atom is -0.459 e. The van der Waals surface area contributed by atoms with Crippen molar-refractivity contribution in [1.29, 1.82) is 0 Å². The van der Waals surface area contributed by atoms with Crippen molar-refractivity contribution in [2.75, 3.05) is 0 Å². The minimum atomic E-state index is 0.0989. The molecule has 102 valence electrons. The molecule has 1 heterocycles. The molecule has 1 saturated carbocycles. The Morgan fingerprint density at radius 1 is 1.32 bits per heavy atom. The lowest BCUT2D eigenvalue weighted by molar-refractivity contribution is 0.200. The van der Waals surface area contributed by atoms with Crippen LogP contribution in [0.25, 0.3) is 11.0 Å². The third-order valence-corrected chi connectivity index (χ3v) is 4.65. The van der Waals surface area contributed by atoms with E-state index in [4.69, 9.17) is 10.3 Å². The predicted octanol–water partition coefficient (Wildman–Crippen LogP) is 3.83. The standard InChI is InChI=1S/C16H22N2O/c1-11-6-5-7-12-10-13(19-14(11)12)15(18-17)16(2)8-3-4-9-16/h5-7,10,15,18H,3-4,8-9,17H2,1-2H3. The van der Waals surface area contributed by atoms with Crippen molar-refractivity contribution in [2.45, 2.75) is 45.6 Å². The minimum absolute atomic E-state index is 0.0989. The van der Waals surface area contributed by atoms with Gasteiger partial charge in [0.1, 0.15) is 11.3 Å². The quantitative estimate of drug-likeness (QED) is 0.650. The van der Waals surface area contributed by atoms with Crippen LogP contribution in [-0.4, -0.2) is 0 Å². The molecular weight excluding hydrogens is 236 g/mol. The predicted molar refractivity (Wildman–Crippen MR) is 77.6 cm³/mol. The summed E-state index contributed by atoms with van der Waals surface area (Å²) in [5.41, 5.74) is 5.35. The Bertz CT molecular complexity index is 581. The molecule has 1 atom stereocenters. The Hall–Kier alpha value is -1.32. The molecule has 1 aliphatic rings. The van der Waals surface area contributed by atoms with Crippen LogP contribution in [0.2, 0.25) is 0 Å². The summed E-state index contributed by atoms with van der Waals surface area (Å²) in [6.07, 6.45) is 4.98. The first-order valence-electron chi connectivity index (χ1n) is 7.09. The van der Waals surface area contributed by atoms with E-state index in [2.05, 4.69) is 43.5 Å².